The van der Waals surface area contributed by atoms with Gasteiger partial charge in [-0.2, -0.15) is 0 Å². The summed E-state index contributed by atoms with van der Waals surface area (Å²) in [6, 6.07) is 0. The minimum absolute atomic E-state index is 0.567. The van der Waals surface area contributed by atoms with Gasteiger partial charge in [0.1, 0.15) is 0 Å². The molecule has 0 saturated carbocycles. The van der Waals surface area contributed by atoms with Crippen molar-refractivity contribution in [3.05, 3.63) is 34.2 Å². The van der Waals surface area contributed by atoms with E-state index in [1.165, 1.54) is 4.88 Å². The Hall–Kier alpha value is -1.53. The second-order valence-corrected chi connectivity index (χ2v) is 4.78. The van der Waals surface area contributed by atoms with Gasteiger partial charge < -0.3 is 10.1 Å². The van der Waals surface area contributed by atoms with Crippen LogP contribution in [-0.4, -0.2) is 28.6 Å². The van der Waals surface area contributed by atoms with E-state index in [-0.39, 0.29) is 0 Å². The van der Waals surface area contributed by atoms with Gasteiger partial charge >= 0.3 is 0 Å². The molecule has 0 bridgehead atoms. The maximum atomic E-state index is 5.55. The highest BCUT2D eigenvalue weighted by Gasteiger charge is 2.02. The SMILES string of the molecule is CNCc1cnc(OCCc2scnc2C)cn1. The first kappa shape index (κ1) is 12.9. The molecule has 0 atom stereocenters. The van der Waals surface area contributed by atoms with Gasteiger partial charge in [-0.05, 0) is 14.0 Å². The number of aromatic nitrogens is 3. The summed E-state index contributed by atoms with van der Waals surface area (Å²) in [5.41, 5.74) is 3.85. The highest BCUT2D eigenvalue weighted by molar-refractivity contribution is 7.09. The Morgan fingerprint density at radius 1 is 1.28 bits per heavy atom. The molecule has 0 unspecified atom stereocenters. The van der Waals surface area contributed by atoms with Crippen LogP contribution in [0.1, 0.15) is 16.3 Å². The van der Waals surface area contributed by atoms with E-state index in [9.17, 15) is 0 Å². The van der Waals surface area contributed by atoms with Crippen LogP contribution in [0.2, 0.25) is 0 Å². The molecule has 0 spiro atoms. The number of nitrogens with one attached hydrogen (secondary N) is 1. The van der Waals surface area contributed by atoms with Gasteiger partial charge in [0.15, 0.2) is 0 Å². The van der Waals surface area contributed by atoms with Crippen molar-refractivity contribution in [2.75, 3.05) is 13.7 Å². The van der Waals surface area contributed by atoms with Crippen LogP contribution in [0, 0.1) is 6.92 Å². The highest BCUT2D eigenvalue weighted by Crippen LogP contribution is 2.13. The Bertz CT molecular complexity index is 483. The quantitative estimate of drug-likeness (QED) is 0.858. The Labute approximate surface area is 110 Å². The predicted molar refractivity (Wildman–Crippen MR) is 70.8 cm³/mol. The lowest BCUT2D eigenvalue weighted by Crippen LogP contribution is -2.08. The van der Waals surface area contributed by atoms with Crippen molar-refractivity contribution < 1.29 is 4.74 Å². The van der Waals surface area contributed by atoms with E-state index >= 15 is 0 Å². The molecule has 2 heterocycles. The number of nitrogens with zero attached hydrogens (tertiary/aromatic N) is 3. The van der Waals surface area contributed by atoms with E-state index in [0.29, 0.717) is 19.0 Å². The second kappa shape index (κ2) is 6.42. The molecule has 96 valence electrons. The fraction of sp³-hybridized carbons (Fsp3) is 0.417. The number of hydrogen-bond donors (Lipinski definition) is 1. The smallest absolute Gasteiger partial charge is 0.232 e. The summed E-state index contributed by atoms with van der Waals surface area (Å²) in [6.45, 7) is 3.33. The molecule has 2 rings (SSSR count). The number of thiazole rings is 1. The lowest BCUT2D eigenvalue weighted by Gasteiger charge is -2.05. The van der Waals surface area contributed by atoms with Crippen LogP contribution in [0.15, 0.2) is 17.9 Å². The molecule has 0 aliphatic heterocycles. The van der Waals surface area contributed by atoms with Crippen molar-refractivity contribution in [1.82, 2.24) is 20.3 Å². The summed E-state index contributed by atoms with van der Waals surface area (Å²) < 4.78 is 5.55. The first-order valence-corrected chi connectivity index (χ1v) is 6.65. The number of aryl methyl sites for hydroxylation is 1. The van der Waals surface area contributed by atoms with Gasteiger partial charge in [0, 0.05) is 17.8 Å². The Morgan fingerprint density at radius 3 is 2.78 bits per heavy atom. The van der Waals surface area contributed by atoms with Crippen LogP contribution in [-0.2, 0) is 13.0 Å². The normalized spacial score (nSPS) is 10.6. The molecule has 6 heteroatoms. The summed E-state index contributed by atoms with van der Waals surface area (Å²) in [6.07, 6.45) is 4.24. The van der Waals surface area contributed by atoms with Crippen molar-refractivity contribution in [2.45, 2.75) is 19.9 Å². The summed E-state index contributed by atoms with van der Waals surface area (Å²) in [7, 11) is 1.88. The number of rotatable bonds is 6. The molecule has 1 N–H and O–H groups in total. The molecule has 0 fully saturated rings. The summed E-state index contributed by atoms with van der Waals surface area (Å²) in [5.74, 6) is 0.567. The van der Waals surface area contributed by atoms with Gasteiger partial charge in [-0.25, -0.2) is 9.97 Å². The fourth-order valence-electron chi connectivity index (χ4n) is 1.50. The molecule has 0 radical (unpaired) electrons. The van der Waals surface area contributed by atoms with Crippen molar-refractivity contribution in [2.24, 2.45) is 0 Å². The molecule has 2 aromatic rings. The van der Waals surface area contributed by atoms with E-state index in [1.54, 1.807) is 23.7 Å². The minimum Gasteiger partial charge on any atom is -0.476 e. The van der Waals surface area contributed by atoms with E-state index in [1.807, 2.05) is 19.5 Å². The zero-order chi connectivity index (χ0) is 12.8. The van der Waals surface area contributed by atoms with Gasteiger partial charge in [-0.1, -0.05) is 0 Å². The summed E-state index contributed by atoms with van der Waals surface area (Å²) >= 11 is 1.66. The largest absolute Gasteiger partial charge is 0.476 e. The first-order valence-electron chi connectivity index (χ1n) is 5.77. The Balaban J connectivity index is 1.81. The van der Waals surface area contributed by atoms with E-state index in [4.69, 9.17) is 4.74 Å². The maximum absolute atomic E-state index is 5.55. The molecule has 18 heavy (non-hydrogen) atoms. The van der Waals surface area contributed by atoms with Crippen LogP contribution < -0.4 is 10.1 Å². The lowest BCUT2D eigenvalue weighted by molar-refractivity contribution is 0.308. The van der Waals surface area contributed by atoms with Crippen molar-refractivity contribution in [1.29, 1.82) is 0 Å². The molecular weight excluding hydrogens is 248 g/mol. The third-order valence-corrected chi connectivity index (χ3v) is 3.46. The lowest BCUT2D eigenvalue weighted by atomic mass is 10.3. The van der Waals surface area contributed by atoms with Gasteiger partial charge in [-0.3, -0.25) is 4.98 Å². The highest BCUT2D eigenvalue weighted by atomic mass is 32.1. The third kappa shape index (κ3) is 3.48. The van der Waals surface area contributed by atoms with E-state index < -0.39 is 0 Å². The first-order chi connectivity index (χ1) is 8.79. The Morgan fingerprint density at radius 2 is 2.17 bits per heavy atom. The van der Waals surface area contributed by atoms with E-state index in [2.05, 4.69) is 20.3 Å². The monoisotopic (exact) mass is 264 g/mol. The zero-order valence-electron chi connectivity index (χ0n) is 10.5. The molecule has 0 saturated heterocycles. The molecule has 0 amide bonds. The van der Waals surface area contributed by atoms with Crippen LogP contribution in [0.4, 0.5) is 0 Å². The van der Waals surface area contributed by atoms with Gasteiger partial charge in [0.05, 0.1) is 35.9 Å². The zero-order valence-corrected chi connectivity index (χ0v) is 11.3. The van der Waals surface area contributed by atoms with Gasteiger partial charge in [0.25, 0.3) is 0 Å². The molecule has 2 aromatic heterocycles. The average molecular weight is 264 g/mol. The fourth-order valence-corrected chi connectivity index (χ4v) is 2.27. The van der Waals surface area contributed by atoms with Crippen LogP contribution in [0.25, 0.3) is 0 Å². The minimum atomic E-state index is 0.567. The third-order valence-electron chi connectivity index (χ3n) is 2.46. The average Bonchev–Trinajstić information content (AvgIpc) is 2.78. The maximum Gasteiger partial charge on any atom is 0.232 e. The summed E-state index contributed by atoms with van der Waals surface area (Å²) in [5, 5.41) is 3.02. The van der Waals surface area contributed by atoms with Crippen molar-refractivity contribution in [3.63, 3.8) is 0 Å². The van der Waals surface area contributed by atoms with E-state index in [0.717, 1.165) is 17.8 Å². The molecule has 0 aliphatic carbocycles. The molecule has 0 aliphatic rings. The molecular formula is C12H16N4OS. The number of ether oxygens (including phenoxy) is 1. The van der Waals surface area contributed by atoms with Crippen LogP contribution >= 0.6 is 11.3 Å². The summed E-state index contributed by atoms with van der Waals surface area (Å²) in [4.78, 5) is 13.9. The van der Waals surface area contributed by atoms with Crippen LogP contribution in [0.3, 0.4) is 0 Å². The van der Waals surface area contributed by atoms with Crippen molar-refractivity contribution >= 4 is 11.3 Å². The van der Waals surface area contributed by atoms with Crippen molar-refractivity contribution in [3.8, 4) is 5.88 Å². The van der Waals surface area contributed by atoms with Gasteiger partial charge in [0.2, 0.25) is 5.88 Å². The number of hydrogen-bond acceptors (Lipinski definition) is 6. The standard InChI is InChI=1S/C12H16N4OS/c1-9-11(18-8-16-9)3-4-17-12-7-14-10(5-13-2)6-15-12/h6-8,13H,3-5H2,1-2H3. The second-order valence-electron chi connectivity index (χ2n) is 3.84. The molecule has 5 nitrogen and oxygen atoms in total. The van der Waals surface area contributed by atoms with Gasteiger partial charge in [-0.15, -0.1) is 11.3 Å². The Kier molecular flexibility index (Phi) is 4.60. The van der Waals surface area contributed by atoms with Crippen LogP contribution in [0.5, 0.6) is 5.88 Å². The molecule has 0 aromatic carbocycles. The predicted octanol–water partition coefficient (Wildman–Crippen LogP) is 1.58. The topological polar surface area (TPSA) is 59.9 Å².